The molecule has 0 bridgehead atoms. The van der Waals surface area contributed by atoms with Gasteiger partial charge in [0.1, 0.15) is 0 Å². The van der Waals surface area contributed by atoms with E-state index in [9.17, 15) is 0 Å². The van der Waals surface area contributed by atoms with Crippen LogP contribution in [-0.4, -0.2) is 24.5 Å². The van der Waals surface area contributed by atoms with E-state index >= 15 is 0 Å². The van der Waals surface area contributed by atoms with E-state index < -0.39 is 0 Å². The first-order valence-electron chi connectivity index (χ1n) is 31.1. The molecule has 0 aliphatic heterocycles. The van der Waals surface area contributed by atoms with E-state index in [-0.39, 0.29) is 0 Å². The van der Waals surface area contributed by atoms with Crippen LogP contribution in [0.4, 0.5) is 0 Å². The van der Waals surface area contributed by atoms with Gasteiger partial charge in [-0.2, -0.15) is 0 Å². The second kappa shape index (κ2) is 34.3. The van der Waals surface area contributed by atoms with Crippen molar-refractivity contribution in [3.05, 3.63) is 0 Å². The van der Waals surface area contributed by atoms with E-state index in [2.05, 4.69) is 46.4 Å². The number of rotatable bonds is 41. The monoisotopic (exact) mass is 892 g/mol. The number of hydrogen-bond donors (Lipinski definition) is 0. The smallest absolute Gasteiger partial charge is 0.000702 e. The number of unbranched alkanes of at least 4 members (excludes halogenated alkanes) is 30. The first kappa shape index (κ1) is 56.5. The fourth-order valence-electron chi connectivity index (χ4n) is 15.9. The summed E-state index contributed by atoms with van der Waals surface area (Å²) in [5.74, 6) is 6.98. The minimum Gasteiger partial charge on any atom is -0.303 e. The zero-order valence-electron chi connectivity index (χ0n) is 45.4. The largest absolute Gasteiger partial charge is 0.303 e. The van der Waals surface area contributed by atoms with Crippen molar-refractivity contribution in [2.24, 2.45) is 52.3 Å². The summed E-state index contributed by atoms with van der Waals surface area (Å²) >= 11 is 0. The van der Waals surface area contributed by atoms with Crippen LogP contribution in [0.3, 0.4) is 0 Å². The number of nitrogens with zero attached hydrogens (tertiary/aromatic N) is 1. The molecule has 378 valence electrons. The van der Waals surface area contributed by atoms with Crippen LogP contribution in [0.15, 0.2) is 0 Å². The lowest BCUT2D eigenvalue weighted by Crippen LogP contribution is -2.53. The summed E-state index contributed by atoms with van der Waals surface area (Å²) in [4.78, 5) is 2.95. The quantitative estimate of drug-likeness (QED) is 0.0553. The molecule has 1 nitrogen and oxygen atoms in total. The molecule has 4 aliphatic rings. The van der Waals surface area contributed by atoms with E-state index in [0.29, 0.717) is 10.8 Å². The van der Waals surface area contributed by atoms with Crippen molar-refractivity contribution in [3.63, 3.8) is 0 Å². The second-order valence-electron chi connectivity index (χ2n) is 25.1. The Hall–Kier alpha value is -0.0400. The van der Waals surface area contributed by atoms with Crippen LogP contribution in [0.25, 0.3) is 0 Å². The SMILES string of the molecule is CCCCCCCCCCCCCCCCCCN(CCCCCCCCCCCCCCCCCC)CC(C)CCC[C@@H](C)[C@H]1CC[C@H]2[C@@H]3CCC4CCCC[C@]4(C)[C@H]3CC[C@]12C. The highest BCUT2D eigenvalue weighted by Crippen LogP contribution is 2.68. The molecule has 0 spiro atoms. The normalized spacial score (nSPS) is 27.7. The lowest BCUT2D eigenvalue weighted by Gasteiger charge is -2.61. The van der Waals surface area contributed by atoms with Gasteiger partial charge in [-0.05, 0) is 136 Å². The van der Waals surface area contributed by atoms with Gasteiger partial charge in [-0.1, -0.05) is 260 Å². The molecule has 4 rings (SSSR count). The van der Waals surface area contributed by atoms with E-state index in [1.54, 1.807) is 51.4 Å². The molecule has 0 heterocycles. The van der Waals surface area contributed by atoms with Gasteiger partial charge in [-0.3, -0.25) is 0 Å². The minimum absolute atomic E-state index is 0.640. The molecule has 0 radical (unpaired) electrons. The van der Waals surface area contributed by atoms with Gasteiger partial charge in [0.2, 0.25) is 0 Å². The Kier molecular flexibility index (Phi) is 30.3. The van der Waals surface area contributed by atoms with Gasteiger partial charge in [0.15, 0.2) is 0 Å². The van der Waals surface area contributed by atoms with E-state index in [0.717, 1.165) is 41.4 Å². The van der Waals surface area contributed by atoms with E-state index in [4.69, 9.17) is 0 Å². The molecule has 4 fully saturated rings. The Morgan fingerprint density at radius 3 is 1.31 bits per heavy atom. The lowest BCUT2D eigenvalue weighted by molar-refractivity contribution is -0.114. The summed E-state index contributed by atoms with van der Waals surface area (Å²) in [5.41, 5.74) is 1.33. The predicted octanol–water partition coefficient (Wildman–Crippen LogP) is 21.3. The van der Waals surface area contributed by atoms with Crippen LogP contribution in [0.1, 0.15) is 330 Å². The van der Waals surface area contributed by atoms with Crippen LogP contribution < -0.4 is 0 Å². The summed E-state index contributed by atoms with van der Waals surface area (Å²) in [6, 6.07) is 0. The van der Waals surface area contributed by atoms with Gasteiger partial charge < -0.3 is 4.90 Å². The Morgan fingerprint density at radius 1 is 0.406 bits per heavy atom. The first-order valence-corrected chi connectivity index (χ1v) is 31.1. The maximum Gasteiger partial charge on any atom is 0.000702 e. The Morgan fingerprint density at radius 2 is 0.844 bits per heavy atom. The highest BCUT2D eigenvalue weighted by atomic mass is 15.1. The van der Waals surface area contributed by atoms with Crippen molar-refractivity contribution in [1.29, 1.82) is 0 Å². The van der Waals surface area contributed by atoms with Crippen molar-refractivity contribution in [3.8, 4) is 0 Å². The van der Waals surface area contributed by atoms with Crippen molar-refractivity contribution < 1.29 is 0 Å². The maximum atomic E-state index is 2.95. The highest BCUT2D eigenvalue weighted by Gasteiger charge is 2.60. The lowest BCUT2D eigenvalue weighted by atomic mass is 9.44. The van der Waals surface area contributed by atoms with E-state index in [1.165, 1.54) is 257 Å². The molecule has 0 amide bonds. The molecule has 0 saturated heterocycles. The van der Waals surface area contributed by atoms with Crippen LogP contribution >= 0.6 is 0 Å². The molecule has 0 aromatic rings. The van der Waals surface area contributed by atoms with Crippen LogP contribution in [0.2, 0.25) is 0 Å². The van der Waals surface area contributed by atoms with Crippen LogP contribution in [-0.2, 0) is 0 Å². The predicted molar refractivity (Wildman–Crippen MR) is 288 cm³/mol. The van der Waals surface area contributed by atoms with Gasteiger partial charge in [-0.25, -0.2) is 0 Å². The first-order chi connectivity index (χ1) is 31.3. The molecule has 9 atom stereocenters. The summed E-state index contributed by atoms with van der Waals surface area (Å²) in [6.07, 6.45) is 66.9. The molecule has 0 aromatic carbocycles. The zero-order chi connectivity index (χ0) is 45.6. The zero-order valence-corrected chi connectivity index (χ0v) is 45.4. The Bertz CT molecular complexity index is 1050. The molecule has 4 saturated carbocycles. The number of hydrogen-bond acceptors (Lipinski definition) is 1. The third kappa shape index (κ3) is 20.5. The van der Waals surface area contributed by atoms with Crippen molar-refractivity contribution in [1.82, 2.24) is 4.90 Å². The topological polar surface area (TPSA) is 3.24 Å². The standard InChI is InChI=1S/C63H121N/c1-7-9-11-13-15-17-19-21-23-25-27-29-31-33-35-39-52-64(53-40-36-34-32-30-28-26-24-22-20-18-16-14-12-10-8-2)54-55(3)42-41-43-56(4)59-47-48-60-58-46-45-57-44-37-38-50-62(57,5)61(58)49-51-63(59,60)6/h55-61H,7-54H2,1-6H3/t55?,56-,57?,58+,59-,60+,61+,62+,63-/m1/s1. The summed E-state index contributed by atoms with van der Waals surface area (Å²) in [7, 11) is 0. The average Bonchev–Trinajstić information content (AvgIpc) is 3.65. The summed E-state index contributed by atoms with van der Waals surface area (Å²) in [5, 5.41) is 0. The van der Waals surface area contributed by atoms with Crippen molar-refractivity contribution in [2.45, 2.75) is 330 Å². The van der Waals surface area contributed by atoms with Gasteiger partial charge in [0.25, 0.3) is 0 Å². The molecule has 0 N–H and O–H groups in total. The number of fused-ring (bicyclic) bond motifs is 5. The van der Waals surface area contributed by atoms with Crippen molar-refractivity contribution >= 4 is 0 Å². The fraction of sp³-hybridized carbons (Fsp3) is 1.00. The van der Waals surface area contributed by atoms with Crippen molar-refractivity contribution in [2.75, 3.05) is 19.6 Å². The molecular formula is C63H121N. The molecule has 0 aromatic heterocycles. The molecule has 4 aliphatic carbocycles. The second-order valence-corrected chi connectivity index (χ2v) is 25.1. The third-order valence-corrected chi connectivity index (χ3v) is 19.9. The molecule has 1 heteroatoms. The van der Waals surface area contributed by atoms with Gasteiger partial charge in [0.05, 0.1) is 0 Å². The third-order valence-electron chi connectivity index (χ3n) is 19.9. The summed E-state index contributed by atoms with van der Waals surface area (Å²) in [6.45, 7) is 19.6. The molecule has 2 unspecified atom stereocenters. The van der Waals surface area contributed by atoms with Crippen LogP contribution in [0, 0.1) is 52.3 Å². The van der Waals surface area contributed by atoms with Gasteiger partial charge in [-0.15, -0.1) is 0 Å². The Balaban J connectivity index is 1.09. The highest BCUT2D eigenvalue weighted by molar-refractivity contribution is 5.09. The fourth-order valence-corrected chi connectivity index (χ4v) is 15.9. The molecular weight excluding hydrogens is 771 g/mol. The van der Waals surface area contributed by atoms with E-state index in [1.807, 2.05) is 0 Å². The maximum absolute atomic E-state index is 2.95. The average molecular weight is 893 g/mol. The van der Waals surface area contributed by atoms with Gasteiger partial charge >= 0.3 is 0 Å². The summed E-state index contributed by atoms with van der Waals surface area (Å²) < 4.78 is 0. The van der Waals surface area contributed by atoms with Crippen LogP contribution in [0.5, 0.6) is 0 Å². The molecule has 64 heavy (non-hydrogen) atoms. The van der Waals surface area contributed by atoms with Gasteiger partial charge in [0, 0.05) is 6.54 Å². The minimum atomic E-state index is 0.640. The Labute approximate surface area is 405 Å².